The number of phenolic OH excluding ortho intramolecular Hbond substituents is 1. The van der Waals surface area contributed by atoms with Crippen LogP contribution >= 0.6 is 27.7 Å². The minimum Gasteiger partial charge on any atom is -0.508 e. The minimum absolute atomic E-state index is 0.0864. The first-order chi connectivity index (χ1) is 10.1. The highest BCUT2D eigenvalue weighted by atomic mass is 79.9. The van der Waals surface area contributed by atoms with E-state index in [1.54, 1.807) is 23.9 Å². The van der Waals surface area contributed by atoms with Crippen molar-refractivity contribution in [2.24, 2.45) is 0 Å². The van der Waals surface area contributed by atoms with E-state index >= 15 is 0 Å². The van der Waals surface area contributed by atoms with Crippen LogP contribution in [0.5, 0.6) is 5.75 Å². The van der Waals surface area contributed by atoms with Gasteiger partial charge in [-0.25, -0.2) is 4.79 Å². The van der Waals surface area contributed by atoms with E-state index in [0.717, 1.165) is 20.3 Å². The first kappa shape index (κ1) is 14.2. The van der Waals surface area contributed by atoms with Crippen molar-refractivity contribution in [3.05, 3.63) is 69.0 Å². The van der Waals surface area contributed by atoms with E-state index in [1.165, 1.54) is 12.1 Å². The monoisotopic (exact) mass is 362 g/mol. The normalized spacial score (nSPS) is 10.9. The maximum Gasteiger partial charge on any atom is 0.336 e. The minimum atomic E-state index is -0.403. The third-order valence-electron chi connectivity index (χ3n) is 3.02. The van der Waals surface area contributed by atoms with Gasteiger partial charge in [0.15, 0.2) is 0 Å². The summed E-state index contributed by atoms with van der Waals surface area (Å²) in [5, 5.41) is 10.3. The van der Waals surface area contributed by atoms with E-state index in [2.05, 4.69) is 15.9 Å². The summed E-state index contributed by atoms with van der Waals surface area (Å²) in [4.78, 5) is 12.7. The lowest BCUT2D eigenvalue weighted by atomic mass is 10.1. The summed E-state index contributed by atoms with van der Waals surface area (Å²) in [5.41, 5.74) is 0.905. The van der Waals surface area contributed by atoms with Crippen molar-refractivity contribution in [3.8, 4) is 5.75 Å². The van der Waals surface area contributed by atoms with Gasteiger partial charge in [-0.3, -0.25) is 0 Å². The summed E-state index contributed by atoms with van der Waals surface area (Å²) in [6, 6.07) is 14.3. The van der Waals surface area contributed by atoms with Crippen LogP contribution in [0, 0.1) is 0 Å². The quantitative estimate of drug-likeness (QED) is 0.548. The fourth-order valence-corrected chi connectivity index (χ4v) is 3.18. The standard InChI is InChI=1S/C16H11BrO3S/c17-11-1-4-13(5-2-11)21-9-10-7-16(19)20-15-8-12(18)3-6-14(10)15/h1-8,18H,9H2. The number of hydrogen-bond donors (Lipinski definition) is 1. The average molecular weight is 363 g/mol. The molecule has 1 aromatic heterocycles. The van der Waals surface area contributed by atoms with Crippen LogP contribution < -0.4 is 5.63 Å². The molecule has 0 saturated heterocycles. The van der Waals surface area contributed by atoms with Gasteiger partial charge in [-0.15, -0.1) is 11.8 Å². The van der Waals surface area contributed by atoms with Crippen molar-refractivity contribution in [2.75, 3.05) is 0 Å². The van der Waals surface area contributed by atoms with Crippen LogP contribution in [0.25, 0.3) is 11.0 Å². The zero-order valence-electron chi connectivity index (χ0n) is 10.9. The number of thioether (sulfide) groups is 1. The molecule has 21 heavy (non-hydrogen) atoms. The number of benzene rings is 2. The van der Waals surface area contributed by atoms with Gasteiger partial charge >= 0.3 is 5.63 Å². The fraction of sp³-hybridized carbons (Fsp3) is 0.0625. The predicted molar refractivity (Wildman–Crippen MR) is 87.9 cm³/mol. The van der Waals surface area contributed by atoms with Gasteiger partial charge in [-0.05, 0) is 42.0 Å². The van der Waals surface area contributed by atoms with E-state index in [9.17, 15) is 9.90 Å². The highest BCUT2D eigenvalue weighted by Gasteiger charge is 2.07. The Bertz CT molecular complexity index is 840. The van der Waals surface area contributed by atoms with E-state index in [-0.39, 0.29) is 5.75 Å². The molecule has 0 fully saturated rings. The van der Waals surface area contributed by atoms with Gasteiger partial charge in [-0.2, -0.15) is 0 Å². The highest BCUT2D eigenvalue weighted by Crippen LogP contribution is 2.28. The van der Waals surface area contributed by atoms with Gasteiger partial charge in [0, 0.05) is 32.6 Å². The molecule has 0 saturated carbocycles. The van der Waals surface area contributed by atoms with Crippen molar-refractivity contribution in [1.29, 1.82) is 0 Å². The highest BCUT2D eigenvalue weighted by molar-refractivity contribution is 9.10. The summed E-state index contributed by atoms with van der Waals surface area (Å²) >= 11 is 5.05. The molecule has 0 bridgehead atoms. The second-order valence-corrected chi connectivity index (χ2v) is 6.48. The van der Waals surface area contributed by atoms with Crippen LogP contribution in [0.2, 0.25) is 0 Å². The Labute approximate surface area is 133 Å². The fourth-order valence-electron chi connectivity index (χ4n) is 2.03. The summed E-state index contributed by atoms with van der Waals surface area (Å²) in [6.45, 7) is 0. The molecule has 1 heterocycles. The Kier molecular flexibility index (Phi) is 4.03. The smallest absolute Gasteiger partial charge is 0.336 e. The largest absolute Gasteiger partial charge is 0.508 e. The summed E-state index contributed by atoms with van der Waals surface area (Å²) in [7, 11) is 0. The molecule has 0 aliphatic rings. The van der Waals surface area contributed by atoms with E-state index in [4.69, 9.17) is 4.42 Å². The molecule has 0 unspecified atom stereocenters. The van der Waals surface area contributed by atoms with Gasteiger partial charge < -0.3 is 9.52 Å². The molecule has 2 aromatic carbocycles. The molecule has 5 heteroatoms. The molecule has 0 spiro atoms. The number of phenols is 1. The van der Waals surface area contributed by atoms with Gasteiger partial charge in [0.2, 0.25) is 0 Å². The Morgan fingerprint density at radius 1 is 1.10 bits per heavy atom. The summed E-state index contributed by atoms with van der Waals surface area (Å²) < 4.78 is 6.16. The van der Waals surface area contributed by atoms with Crippen molar-refractivity contribution >= 4 is 38.7 Å². The van der Waals surface area contributed by atoms with Crippen molar-refractivity contribution in [1.82, 2.24) is 0 Å². The maximum atomic E-state index is 11.6. The molecule has 0 atom stereocenters. The molecule has 0 amide bonds. The number of aromatic hydroxyl groups is 1. The molecule has 0 aliphatic heterocycles. The van der Waals surface area contributed by atoms with Crippen LogP contribution in [0.3, 0.4) is 0 Å². The van der Waals surface area contributed by atoms with Crippen molar-refractivity contribution in [3.63, 3.8) is 0 Å². The van der Waals surface area contributed by atoms with Crippen molar-refractivity contribution in [2.45, 2.75) is 10.6 Å². The SMILES string of the molecule is O=c1cc(CSc2ccc(Br)cc2)c2ccc(O)cc2o1. The molecular formula is C16H11BrO3S. The number of fused-ring (bicyclic) bond motifs is 1. The molecule has 0 radical (unpaired) electrons. The third-order valence-corrected chi connectivity index (χ3v) is 4.61. The number of halogens is 1. The van der Waals surface area contributed by atoms with Gasteiger partial charge in [0.1, 0.15) is 11.3 Å². The van der Waals surface area contributed by atoms with Crippen LogP contribution in [-0.2, 0) is 5.75 Å². The first-order valence-electron chi connectivity index (χ1n) is 6.26. The Balaban J connectivity index is 1.93. The lowest BCUT2D eigenvalue weighted by Crippen LogP contribution is -1.99. The first-order valence-corrected chi connectivity index (χ1v) is 8.04. The van der Waals surface area contributed by atoms with E-state index in [0.29, 0.717) is 11.3 Å². The Morgan fingerprint density at radius 2 is 1.86 bits per heavy atom. The Hall–Kier alpha value is -1.72. The Morgan fingerprint density at radius 3 is 2.62 bits per heavy atom. The van der Waals surface area contributed by atoms with E-state index in [1.807, 2.05) is 24.3 Å². The number of rotatable bonds is 3. The molecule has 106 valence electrons. The zero-order valence-corrected chi connectivity index (χ0v) is 13.3. The van der Waals surface area contributed by atoms with Crippen LogP contribution in [0.4, 0.5) is 0 Å². The molecule has 3 rings (SSSR count). The summed E-state index contributed by atoms with van der Waals surface area (Å²) in [5.74, 6) is 0.748. The van der Waals surface area contributed by atoms with Gasteiger partial charge in [0.25, 0.3) is 0 Å². The molecular weight excluding hydrogens is 352 g/mol. The van der Waals surface area contributed by atoms with Gasteiger partial charge in [-0.1, -0.05) is 15.9 Å². The van der Waals surface area contributed by atoms with Gasteiger partial charge in [0.05, 0.1) is 0 Å². The third kappa shape index (κ3) is 3.31. The average Bonchev–Trinajstić information content (AvgIpc) is 2.45. The number of hydrogen-bond acceptors (Lipinski definition) is 4. The summed E-state index contributed by atoms with van der Waals surface area (Å²) in [6.07, 6.45) is 0. The molecule has 1 N–H and O–H groups in total. The second-order valence-electron chi connectivity index (χ2n) is 4.51. The van der Waals surface area contributed by atoms with Crippen molar-refractivity contribution < 1.29 is 9.52 Å². The van der Waals surface area contributed by atoms with Crippen LogP contribution in [0.1, 0.15) is 5.56 Å². The van der Waals surface area contributed by atoms with Crippen LogP contribution in [0.15, 0.2) is 67.1 Å². The lowest BCUT2D eigenvalue weighted by molar-refractivity contribution is 0.473. The maximum absolute atomic E-state index is 11.6. The van der Waals surface area contributed by atoms with E-state index < -0.39 is 5.63 Å². The predicted octanol–water partition coefficient (Wildman–Crippen LogP) is 4.55. The topological polar surface area (TPSA) is 50.4 Å². The van der Waals surface area contributed by atoms with Crippen LogP contribution in [-0.4, -0.2) is 5.11 Å². The second kappa shape index (κ2) is 5.95. The zero-order chi connectivity index (χ0) is 14.8. The molecule has 3 nitrogen and oxygen atoms in total. The lowest BCUT2D eigenvalue weighted by Gasteiger charge is -2.06. The molecule has 3 aromatic rings. The molecule has 0 aliphatic carbocycles.